The van der Waals surface area contributed by atoms with Gasteiger partial charge in [0, 0.05) is 0 Å². The standard InChI is InChI=1S/C8F6N2/c9-3-1-2(4(10)6(12)5(3)11)8(14)16-15-7(1)13. The third-order valence-corrected chi connectivity index (χ3v) is 1.91. The van der Waals surface area contributed by atoms with E-state index < -0.39 is 45.9 Å². The minimum Gasteiger partial charge on any atom is -0.203 e. The molecule has 1 aromatic carbocycles. The van der Waals surface area contributed by atoms with Crippen LogP contribution in [0.5, 0.6) is 0 Å². The summed E-state index contributed by atoms with van der Waals surface area (Å²) in [5, 5.41) is 2.16. The van der Waals surface area contributed by atoms with Gasteiger partial charge in [0.1, 0.15) is 0 Å². The van der Waals surface area contributed by atoms with E-state index in [9.17, 15) is 26.3 Å². The Morgan fingerprint density at radius 2 is 0.812 bits per heavy atom. The van der Waals surface area contributed by atoms with Crippen LogP contribution in [0.3, 0.4) is 0 Å². The lowest BCUT2D eigenvalue weighted by molar-refractivity contribution is 0.410. The molecule has 0 aliphatic rings. The predicted octanol–water partition coefficient (Wildman–Crippen LogP) is 2.46. The smallest absolute Gasteiger partial charge is 0.203 e. The third kappa shape index (κ3) is 1.22. The molecule has 16 heavy (non-hydrogen) atoms. The van der Waals surface area contributed by atoms with Crippen molar-refractivity contribution >= 4 is 10.8 Å². The Bertz CT molecular complexity index is 545. The average Bonchev–Trinajstić information content (AvgIpc) is 2.26. The van der Waals surface area contributed by atoms with Crippen LogP contribution < -0.4 is 0 Å². The first-order chi connectivity index (χ1) is 7.45. The van der Waals surface area contributed by atoms with Crippen molar-refractivity contribution in [2.75, 3.05) is 0 Å². The number of hydrogen-bond donors (Lipinski definition) is 0. The van der Waals surface area contributed by atoms with E-state index in [4.69, 9.17) is 0 Å². The lowest BCUT2D eigenvalue weighted by Crippen LogP contribution is -2.05. The Morgan fingerprint density at radius 1 is 0.500 bits per heavy atom. The summed E-state index contributed by atoms with van der Waals surface area (Å²) in [5.41, 5.74) is 0. The van der Waals surface area contributed by atoms with Crippen LogP contribution in [0, 0.1) is 35.2 Å². The molecule has 1 aromatic heterocycles. The van der Waals surface area contributed by atoms with E-state index in [1.807, 2.05) is 0 Å². The van der Waals surface area contributed by atoms with Crippen LogP contribution in [0.1, 0.15) is 0 Å². The van der Waals surface area contributed by atoms with Gasteiger partial charge in [0.05, 0.1) is 10.8 Å². The first kappa shape index (κ1) is 10.7. The molecule has 0 aliphatic carbocycles. The fourth-order valence-corrected chi connectivity index (χ4v) is 1.21. The molecule has 2 aromatic rings. The van der Waals surface area contributed by atoms with E-state index >= 15 is 0 Å². The van der Waals surface area contributed by atoms with Gasteiger partial charge >= 0.3 is 0 Å². The van der Waals surface area contributed by atoms with Gasteiger partial charge in [-0.05, 0) is 0 Å². The largest absolute Gasteiger partial charge is 0.244 e. The summed E-state index contributed by atoms with van der Waals surface area (Å²) >= 11 is 0. The summed E-state index contributed by atoms with van der Waals surface area (Å²) in [6.07, 6.45) is 0. The van der Waals surface area contributed by atoms with Gasteiger partial charge in [-0.15, -0.1) is 10.2 Å². The molecule has 0 N–H and O–H groups in total. The Hall–Kier alpha value is -1.86. The summed E-state index contributed by atoms with van der Waals surface area (Å²) in [7, 11) is 0. The molecule has 0 bridgehead atoms. The molecule has 0 saturated carbocycles. The lowest BCUT2D eigenvalue weighted by Gasteiger charge is -2.04. The number of fused-ring (bicyclic) bond motifs is 1. The summed E-state index contributed by atoms with van der Waals surface area (Å²) in [6, 6.07) is 0. The maximum absolute atomic E-state index is 13.0. The number of aromatic nitrogens is 2. The average molecular weight is 238 g/mol. The van der Waals surface area contributed by atoms with Crippen molar-refractivity contribution in [1.82, 2.24) is 10.2 Å². The maximum atomic E-state index is 13.0. The van der Waals surface area contributed by atoms with E-state index in [1.54, 1.807) is 0 Å². The van der Waals surface area contributed by atoms with Gasteiger partial charge in [-0.2, -0.15) is 8.78 Å². The zero-order chi connectivity index (χ0) is 12.0. The SMILES string of the molecule is Fc1c(F)c(F)c2c(F)nnc(F)c2c1F. The van der Waals surface area contributed by atoms with Gasteiger partial charge in [-0.25, -0.2) is 17.6 Å². The molecule has 0 amide bonds. The topological polar surface area (TPSA) is 25.8 Å². The predicted molar refractivity (Wildman–Crippen MR) is 39.3 cm³/mol. The number of hydrogen-bond acceptors (Lipinski definition) is 2. The number of rotatable bonds is 0. The summed E-state index contributed by atoms with van der Waals surface area (Å²) in [4.78, 5) is 0. The van der Waals surface area contributed by atoms with Crippen molar-refractivity contribution in [3.63, 3.8) is 0 Å². The lowest BCUT2D eigenvalue weighted by atomic mass is 10.1. The minimum atomic E-state index is -2.24. The fraction of sp³-hybridized carbons (Fsp3) is 0. The highest BCUT2D eigenvalue weighted by molar-refractivity contribution is 5.83. The van der Waals surface area contributed by atoms with Crippen LogP contribution >= 0.6 is 0 Å². The number of nitrogens with zero attached hydrogens (tertiary/aromatic N) is 2. The fourth-order valence-electron chi connectivity index (χ4n) is 1.21. The molecule has 0 unspecified atom stereocenters. The highest BCUT2D eigenvalue weighted by Crippen LogP contribution is 2.28. The summed E-state index contributed by atoms with van der Waals surface area (Å²) in [5.74, 6) is -12.0. The van der Waals surface area contributed by atoms with Crippen LogP contribution in [0.25, 0.3) is 10.8 Å². The Labute approximate surface area is 83.5 Å². The van der Waals surface area contributed by atoms with Crippen LogP contribution in [0.4, 0.5) is 26.3 Å². The van der Waals surface area contributed by atoms with Crippen molar-refractivity contribution in [1.29, 1.82) is 0 Å². The second kappa shape index (κ2) is 3.32. The Balaban J connectivity index is 3.14. The zero-order valence-corrected chi connectivity index (χ0v) is 7.16. The Morgan fingerprint density at radius 3 is 1.12 bits per heavy atom. The maximum Gasteiger partial charge on any atom is 0.244 e. The van der Waals surface area contributed by atoms with Gasteiger partial charge in [-0.1, -0.05) is 0 Å². The molecule has 2 rings (SSSR count). The molecule has 0 spiro atoms. The molecule has 0 atom stereocenters. The first-order valence-corrected chi connectivity index (χ1v) is 3.78. The van der Waals surface area contributed by atoms with E-state index in [0.29, 0.717) is 0 Å². The second-order valence-corrected chi connectivity index (χ2v) is 2.79. The molecule has 8 heteroatoms. The molecule has 0 saturated heterocycles. The van der Waals surface area contributed by atoms with Crippen molar-refractivity contribution in [2.45, 2.75) is 0 Å². The molecule has 0 aliphatic heterocycles. The molecule has 2 nitrogen and oxygen atoms in total. The molecule has 84 valence electrons. The van der Waals surface area contributed by atoms with Crippen LogP contribution in [0.2, 0.25) is 0 Å². The van der Waals surface area contributed by atoms with Crippen molar-refractivity contribution < 1.29 is 26.3 Å². The van der Waals surface area contributed by atoms with E-state index in [-0.39, 0.29) is 0 Å². The zero-order valence-electron chi connectivity index (χ0n) is 7.16. The normalized spacial score (nSPS) is 11.1. The van der Waals surface area contributed by atoms with Gasteiger partial charge in [0.15, 0.2) is 23.3 Å². The van der Waals surface area contributed by atoms with Crippen molar-refractivity contribution in [2.24, 2.45) is 0 Å². The highest BCUT2D eigenvalue weighted by atomic mass is 19.2. The van der Waals surface area contributed by atoms with Gasteiger partial charge in [0.2, 0.25) is 11.9 Å². The minimum absolute atomic E-state index is 1.41. The van der Waals surface area contributed by atoms with Gasteiger partial charge in [-0.3, -0.25) is 0 Å². The van der Waals surface area contributed by atoms with Crippen LogP contribution in [-0.2, 0) is 0 Å². The summed E-state index contributed by atoms with van der Waals surface area (Å²) in [6.45, 7) is 0. The highest BCUT2D eigenvalue weighted by Gasteiger charge is 2.26. The number of benzene rings is 1. The quantitative estimate of drug-likeness (QED) is 0.400. The monoisotopic (exact) mass is 238 g/mol. The first-order valence-electron chi connectivity index (χ1n) is 3.78. The van der Waals surface area contributed by atoms with Gasteiger partial charge in [0.25, 0.3) is 0 Å². The molecule has 0 radical (unpaired) electrons. The Kier molecular flexibility index (Phi) is 2.21. The third-order valence-electron chi connectivity index (χ3n) is 1.91. The second-order valence-electron chi connectivity index (χ2n) is 2.79. The molecule has 0 fully saturated rings. The van der Waals surface area contributed by atoms with Crippen molar-refractivity contribution in [3.05, 3.63) is 35.2 Å². The van der Waals surface area contributed by atoms with Gasteiger partial charge < -0.3 is 0 Å². The summed E-state index contributed by atoms with van der Waals surface area (Å²) < 4.78 is 77.2. The van der Waals surface area contributed by atoms with E-state index in [2.05, 4.69) is 10.2 Å². The van der Waals surface area contributed by atoms with Crippen molar-refractivity contribution in [3.8, 4) is 0 Å². The van der Waals surface area contributed by atoms with Crippen LogP contribution in [-0.4, -0.2) is 10.2 Å². The molecular formula is C8F6N2. The molecular weight excluding hydrogens is 238 g/mol. The number of halogens is 6. The van der Waals surface area contributed by atoms with Crippen LogP contribution in [0.15, 0.2) is 0 Å². The van der Waals surface area contributed by atoms with E-state index in [1.165, 1.54) is 0 Å². The molecule has 1 heterocycles. The van der Waals surface area contributed by atoms with E-state index in [0.717, 1.165) is 0 Å².